The Balaban J connectivity index is 1.80. The van der Waals surface area contributed by atoms with Crippen LogP contribution < -0.4 is 20.3 Å². The Kier molecular flexibility index (Phi) is 6.51. The van der Waals surface area contributed by atoms with Crippen LogP contribution in [0.5, 0.6) is 11.5 Å². The van der Waals surface area contributed by atoms with Gasteiger partial charge in [-0.15, -0.1) is 0 Å². The van der Waals surface area contributed by atoms with Crippen LogP contribution in [0, 0.1) is 0 Å². The van der Waals surface area contributed by atoms with Gasteiger partial charge in [0.15, 0.2) is 11.5 Å². The molecule has 2 aliphatic rings. The molecule has 4 rings (SSSR count). The zero-order chi connectivity index (χ0) is 21.8. The van der Waals surface area contributed by atoms with Crippen molar-refractivity contribution in [3.63, 3.8) is 0 Å². The standard InChI is InChI=1S/C24H32N2O5/c1-30-19-10-9-17-15-18(22(28)25-24(16-27)11-5-2-3-6-12-24)23(29)26-13-7-4-8-14-31-21(19)20(17)26/h9-10,15,27H,2-8,11-14,16H2,1H3,(H,25,28). The van der Waals surface area contributed by atoms with Crippen molar-refractivity contribution in [1.82, 2.24) is 9.88 Å². The zero-order valence-corrected chi connectivity index (χ0v) is 18.2. The number of hydrogen-bond donors (Lipinski definition) is 2. The number of pyridine rings is 1. The number of nitrogens with zero attached hydrogens (tertiary/aromatic N) is 1. The minimum atomic E-state index is -0.656. The van der Waals surface area contributed by atoms with Crippen LogP contribution in [0.25, 0.3) is 10.9 Å². The highest BCUT2D eigenvalue weighted by atomic mass is 16.5. The number of amides is 1. The van der Waals surface area contributed by atoms with E-state index in [0.717, 1.165) is 63.2 Å². The molecule has 0 unspecified atom stereocenters. The third-order valence-electron chi connectivity index (χ3n) is 6.65. The molecule has 2 aromatic rings. The van der Waals surface area contributed by atoms with E-state index in [2.05, 4.69) is 5.32 Å². The average molecular weight is 429 g/mol. The number of carbonyl (C=O) groups is 1. The van der Waals surface area contributed by atoms with E-state index < -0.39 is 11.4 Å². The molecule has 0 bridgehead atoms. The Morgan fingerprint density at radius 2 is 1.90 bits per heavy atom. The van der Waals surface area contributed by atoms with Gasteiger partial charge in [0, 0.05) is 11.9 Å². The first kappa shape index (κ1) is 21.7. The second-order valence-electron chi connectivity index (χ2n) is 8.77. The third kappa shape index (κ3) is 4.28. The minimum Gasteiger partial charge on any atom is -0.493 e. The summed E-state index contributed by atoms with van der Waals surface area (Å²) < 4.78 is 13.1. The van der Waals surface area contributed by atoms with Crippen molar-refractivity contribution < 1.29 is 19.4 Å². The number of methoxy groups -OCH3 is 1. The maximum atomic E-state index is 13.5. The van der Waals surface area contributed by atoms with E-state index in [4.69, 9.17) is 9.47 Å². The van der Waals surface area contributed by atoms with Crippen LogP contribution in [0.2, 0.25) is 0 Å². The zero-order valence-electron chi connectivity index (χ0n) is 18.2. The number of aliphatic hydroxyl groups excluding tert-OH is 1. The predicted molar refractivity (Wildman–Crippen MR) is 119 cm³/mol. The fraction of sp³-hybridized carbons (Fsp3) is 0.583. The molecular formula is C24H32N2O5. The van der Waals surface area contributed by atoms with Crippen LogP contribution in [0.1, 0.15) is 68.1 Å². The summed E-state index contributed by atoms with van der Waals surface area (Å²) in [4.78, 5) is 26.7. The lowest BCUT2D eigenvalue weighted by Gasteiger charge is -2.32. The molecule has 31 heavy (non-hydrogen) atoms. The molecule has 0 spiro atoms. The summed E-state index contributed by atoms with van der Waals surface area (Å²) in [5.41, 5.74) is -0.197. The molecule has 2 N–H and O–H groups in total. The molecule has 7 heteroatoms. The molecule has 1 aliphatic carbocycles. The van der Waals surface area contributed by atoms with Crippen LogP contribution in [-0.2, 0) is 6.54 Å². The molecule has 0 atom stereocenters. The van der Waals surface area contributed by atoms with Gasteiger partial charge in [0.2, 0.25) is 0 Å². The molecular weight excluding hydrogens is 396 g/mol. The molecule has 2 heterocycles. The highest BCUT2D eigenvalue weighted by Gasteiger charge is 2.33. The lowest BCUT2D eigenvalue weighted by Crippen LogP contribution is -2.52. The number of rotatable bonds is 4. The number of aliphatic hydroxyl groups is 1. The molecule has 1 aromatic heterocycles. The van der Waals surface area contributed by atoms with Crippen molar-refractivity contribution in [3.05, 3.63) is 34.1 Å². The van der Waals surface area contributed by atoms with Gasteiger partial charge in [-0.1, -0.05) is 25.7 Å². The first-order valence-corrected chi connectivity index (χ1v) is 11.4. The molecule has 1 aliphatic heterocycles. The van der Waals surface area contributed by atoms with Crippen LogP contribution in [0.4, 0.5) is 0 Å². The van der Waals surface area contributed by atoms with Crippen LogP contribution in [0.15, 0.2) is 23.0 Å². The van der Waals surface area contributed by atoms with Crippen molar-refractivity contribution in [2.24, 2.45) is 0 Å². The van der Waals surface area contributed by atoms with Crippen molar-refractivity contribution in [1.29, 1.82) is 0 Å². The minimum absolute atomic E-state index is 0.111. The Morgan fingerprint density at radius 1 is 1.16 bits per heavy atom. The number of ether oxygens (including phenoxy) is 2. The molecule has 168 valence electrons. The van der Waals surface area contributed by atoms with Crippen molar-refractivity contribution in [2.75, 3.05) is 20.3 Å². The van der Waals surface area contributed by atoms with E-state index in [1.807, 2.05) is 12.1 Å². The Bertz CT molecular complexity index is 1010. The van der Waals surface area contributed by atoms with Gasteiger partial charge < -0.3 is 24.5 Å². The van der Waals surface area contributed by atoms with Crippen LogP contribution >= 0.6 is 0 Å². The van der Waals surface area contributed by atoms with Gasteiger partial charge in [-0.2, -0.15) is 0 Å². The van der Waals surface area contributed by atoms with Gasteiger partial charge in [-0.25, -0.2) is 0 Å². The molecule has 0 radical (unpaired) electrons. The summed E-state index contributed by atoms with van der Waals surface area (Å²) in [6.07, 6.45) is 8.25. The first-order chi connectivity index (χ1) is 15.1. The number of benzene rings is 1. The van der Waals surface area contributed by atoms with E-state index in [0.29, 0.717) is 30.2 Å². The molecule has 1 amide bonds. The van der Waals surface area contributed by atoms with E-state index in [9.17, 15) is 14.7 Å². The number of carbonyl (C=O) groups excluding carboxylic acids is 1. The van der Waals surface area contributed by atoms with Crippen molar-refractivity contribution >= 4 is 16.8 Å². The van der Waals surface area contributed by atoms with E-state index in [-0.39, 0.29) is 17.7 Å². The summed E-state index contributed by atoms with van der Waals surface area (Å²) in [7, 11) is 1.58. The number of aromatic nitrogens is 1. The lowest BCUT2D eigenvalue weighted by molar-refractivity contribution is 0.0804. The fourth-order valence-electron chi connectivity index (χ4n) is 4.86. The SMILES string of the molecule is COc1ccc2cc(C(=O)NC3(CO)CCCCCC3)c(=O)n3c2c1OCCCCC3. The van der Waals surface area contributed by atoms with Crippen LogP contribution in [-0.4, -0.2) is 41.4 Å². The van der Waals surface area contributed by atoms with Gasteiger partial charge in [-0.05, 0) is 50.3 Å². The van der Waals surface area contributed by atoms with Crippen molar-refractivity contribution in [2.45, 2.75) is 69.9 Å². The summed E-state index contributed by atoms with van der Waals surface area (Å²) in [6, 6.07) is 5.32. The smallest absolute Gasteiger partial charge is 0.264 e. The summed E-state index contributed by atoms with van der Waals surface area (Å²) >= 11 is 0. The molecule has 7 nitrogen and oxygen atoms in total. The van der Waals surface area contributed by atoms with Gasteiger partial charge in [0.25, 0.3) is 11.5 Å². The van der Waals surface area contributed by atoms with Crippen LogP contribution in [0.3, 0.4) is 0 Å². The molecule has 1 fully saturated rings. The molecule has 0 saturated heterocycles. The molecule has 1 aromatic carbocycles. The topological polar surface area (TPSA) is 89.8 Å². The highest BCUT2D eigenvalue weighted by Crippen LogP contribution is 2.36. The van der Waals surface area contributed by atoms with E-state index in [1.54, 1.807) is 17.7 Å². The Labute approximate surface area is 182 Å². The van der Waals surface area contributed by atoms with E-state index >= 15 is 0 Å². The van der Waals surface area contributed by atoms with E-state index in [1.165, 1.54) is 0 Å². The number of aryl methyl sites for hydroxylation is 1. The largest absolute Gasteiger partial charge is 0.493 e. The van der Waals surface area contributed by atoms with Gasteiger partial charge in [0.1, 0.15) is 5.56 Å². The highest BCUT2D eigenvalue weighted by molar-refractivity contribution is 5.99. The number of hydrogen-bond acceptors (Lipinski definition) is 5. The van der Waals surface area contributed by atoms with Gasteiger partial charge in [0.05, 0.1) is 31.4 Å². The predicted octanol–water partition coefficient (Wildman–Crippen LogP) is 3.39. The van der Waals surface area contributed by atoms with Gasteiger partial charge >= 0.3 is 0 Å². The third-order valence-corrected chi connectivity index (χ3v) is 6.65. The Hall–Kier alpha value is -2.54. The average Bonchev–Trinajstić information content (AvgIpc) is 2.95. The summed E-state index contributed by atoms with van der Waals surface area (Å²) in [6.45, 7) is 0.964. The maximum absolute atomic E-state index is 13.5. The Morgan fingerprint density at radius 3 is 2.61 bits per heavy atom. The quantitative estimate of drug-likeness (QED) is 0.729. The summed E-state index contributed by atoms with van der Waals surface area (Å²) in [5.74, 6) is 0.726. The molecule has 1 saturated carbocycles. The second-order valence-corrected chi connectivity index (χ2v) is 8.77. The lowest BCUT2D eigenvalue weighted by atomic mass is 9.90. The normalized spacial score (nSPS) is 18.8. The summed E-state index contributed by atoms with van der Waals surface area (Å²) in [5, 5.41) is 13.9. The monoisotopic (exact) mass is 428 g/mol. The van der Waals surface area contributed by atoms with Crippen molar-refractivity contribution in [3.8, 4) is 11.5 Å². The van der Waals surface area contributed by atoms with Gasteiger partial charge in [-0.3, -0.25) is 9.59 Å². The maximum Gasteiger partial charge on any atom is 0.264 e. The fourth-order valence-corrected chi connectivity index (χ4v) is 4.86. The first-order valence-electron chi connectivity index (χ1n) is 11.4. The second kappa shape index (κ2) is 9.30. The number of nitrogens with one attached hydrogen (secondary N) is 1.